The van der Waals surface area contributed by atoms with E-state index in [2.05, 4.69) is 15.1 Å². The van der Waals surface area contributed by atoms with Gasteiger partial charge in [-0.3, -0.25) is 19.4 Å². The third-order valence-electron chi connectivity index (χ3n) is 9.27. The van der Waals surface area contributed by atoms with Crippen LogP contribution in [0.5, 0.6) is 23.0 Å². The summed E-state index contributed by atoms with van der Waals surface area (Å²) >= 11 is 0. The number of rotatable bonds is 13. The molecule has 2 saturated heterocycles. The number of nitrogens with zero attached hydrogens (tertiary/aromatic N) is 3. The molecule has 268 valence electrons. The van der Waals surface area contributed by atoms with E-state index in [9.17, 15) is 9.59 Å². The van der Waals surface area contributed by atoms with Crippen LogP contribution in [0.25, 0.3) is 0 Å². The van der Waals surface area contributed by atoms with Crippen molar-refractivity contribution in [3.8, 4) is 23.0 Å². The lowest BCUT2D eigenvalue weighted by Crippen LogP contribution is -2.29. The van der Waals surface area contributed by atoms with E-state index in [1.54, 1.807) is 56.7 Å². The molecule has 11 heteroatoms. The third-order valence-corrected chi connectivity index (χ3v) is 9.27. The van der Waals surface area contributed by atoms with Gasteiger partial charge in [0.25, 0.3) is 11.8 Å². The van der Waals surface area contributed by atoms with E-state index in [0.29, 0.717) is 53.0 Å². The Bertz CT molecular complexity index is 1790. The van der Waals surface area contributed by atoms with E-state index in [-0.39, 0.29) is 11.8 Å². The fraction of sp³-hybridized carbons (Fsp3) is 0.350. The van der Waals surface area contributed by atoms with Crippen LogP contribution in [0.2, 0.25) is 0 Å². The largest absolute Gasteiger partial charge is 0.493 e. The molecule has 0 spiro atoms. The number of amides is 2. The van der Waals surface area contributed by atoms with E-state index < -0.39 is 0 Å². The van der Waals surface area contributed by atoms with Crippen LogP contribution in [0, 0.1) is 0 Å². The van der Waals surface area contributed by atoms with Crippen LogP contribution >= 0.6 is 0 Å². The number of ether oxygens (including phenoxy) is 4. The highest BCUT2D eigenvalue weighted by Gasteiger charge is 2.37. The molecule has 2 fully saturated rings. The maximum absolute atomic E-state index is 13.2. The van der Waals surface area contributed by atoms with E-state index >= 15 is 0 Å². The number of imide groups is 1. The number of nitrogens with one attached hydrogen (secondary N) is 1. The highest BCUT2D eigenvalue weighted by molar-refractivity contribution is 6.34. The number of para-hydroxylation sites is 1. The van der Waals surface area contributed by atoms with Crippen LogP contribution in [0.4, 0.5) is 22.7 Å². The SMILES string of the molecule is COc1cc(N)ccc1OCCN1CCCC1.COc1cc(N2C(=O)c3ccc(Nc4ccccc4)cc3C2=O)ccc1OCCN1CCCC1. The summed E-state index contributed by atoms with van der Waals surface area (Å²) in [5.41, 5.74) is 9.23. The van der Waals surface area contributed by atoms with Crippen molar-refractivity contribution in [1.29, 1.82) is 0 Å². The molecule has 3 aliphatic heterocycles. The molecule has 0 saturated carbocycles. The van der Waals surface area contributed by atoms with Crippen molar-refractivity contribution >= 4 is 34.6 Å². The van der Waals surface area contributed by atoms with Crippen molar-refractivity contribution in [2.75, 3.05) is 82.7 Å². The Morgan fingerprint density at radius 1 is 0.608 bits per heavy atom. The van der Waals surface area contributed by atoms with Crippen molar-refractivity contribution in [2.24, 2.45) is 0 Å². The summed E-state index contributed by atoms with van der Waals surface area (Å²) in [6.07, 6.45) is 5.10. The lowest BCUT2D eigenvalue weighted by Gasteiger charge is -2.18. The average Bonchev–Trinajstić information content (AvgIpc) is 3.92. The number of hydrogen-bond acceptors (Lipinski definition) is 10. The van der Waals surface area contributed by atoms with Crippen LogP contribution < -0.4 is 34.9 Å². The zero-order valence-corrected chi connectivity index (χ0v) is 29.4. The van der Waals surface area contributed by atoms with Crippen molar-refractivity contribution in [2.45, 2.75) is 25.7 Å². The Labute approximate surface area is 299 Å². The first-order valence-corrected chi connectivity index (χ1v) is 17.6. The standard InChI is InChI=1S/C27H27N3O4.C13H20N2O2/c1-33-25-18-21(10-12-24(25)34-16-15-29-13-5-6-14-29)30-26(31)22-11-9-20(17-23(22)27(30)32)28-19-7-3-2-4-8-19;1-16-13-10-11(14)4-5-12(13)17-9-8-15-6-2-3-7-15/h2-4,7-12,17-18,28H,5-6,13-16H2,1H3;4-5,10H,2-3,6-9,14H2,1H3. The predicted molar refractivity (Wildman–Crippen MR) is 200 cm³/mol. The first-order valence-electron chi connectivity index (χ1n) is 17.6. The maximum atomic E-state index is 13.2. The Morgan fingerprint density at radius 3 is 1.78 bits per heavy atom. The molecule has 0 aromatic heterocycles. The Hall–Kier alpha value is -5.26. The van der Waals surface area contributed by atoms with Gasteiger partial charge < -0.3 is 30.0 Å². The summed E-state index contributed by atoms with van der Waals surface area (Å²) in [6, 6.07) is 25.5. The topological polar surface area (TPSA) is 119 Å². The van der Waals surface area contributed by atoms with Gasteiger partial charge >= 0.3 is 0 Å². The summed E-state index contributed by atoms with van der Waals surface area (Å²) in [6.45, 7) is 7.71. The van der Waals surface area contributed by atoms with Crippen molar-refractivity contribution in [3.05, 3.63) is 96.1 Å². The molecule has 51 heavy (non-hydrogen) atoms. The van der Waals surface area contributed by atoms with Crippen molar-refractivity contribution < 1.29 is 28.5 Å². The van der Waals surface area contributed by atoms with Gasteiger partial charge in [-0.15, -0.1) is 0 Å². The van der Waals surface area contributed by atoms with Crippen LogP contribution in [-0.2, 0) is 0 Å². The zero-order chi connectivity index (χ0) is 35.6. The monoisotopic (exact) mass is 693 g/mol. The number of carbonyl (C=O) groups is 2. The van der Waals surface area contributed by atoms with Crippen LogP contribution in [-0.4, -0.2) is 88.3 Å². The normalized spacial score (nSPS) is 15.7. The van der Waals surface area contributed by atoms with Crippen LogP contribution in [0.3, 0.4) is 0 Å². The van der Waals surface area contributed by atoms with E-state index in [1.807, 2.05) is 42.5 Å². The van der Waals surface area contributed by atoms with Crippen LogP contribution in [0.15, 0.2) is 84.9 Å². The molecule has 0 bridgehead atoms. The minimum Gasteiger partial charge on any atom is -0.493 e. The Balaban J connectivity index is 0.000000221. The van der Waals surface area contributed by atoms with Gasteiger partial charge in [0, 0.05) is 42.3 Å². The number of likely N-dealkylation sites (tertiary alicyclic amines) is 2. The second-order valence-corrected chi connectivity index (χ2v) is 12.7. The Kier molecular flexibility index (Phi) is 11.9. The number of carbonyl (C=O) groups excluding carboxylic acids is 2. The number of hydrogen-bond donors (Lipinski definition) is 2. The molecule has 4 aromatic carbocycles. The highest BCUT2D eigenvalue weighted by Crippen LogP contribution is 2.36. The number of nitrogen functional groups attached to an aromatic ring is 1. The highest BCUT2D eigenvalue weighted by atomic mass is 16.5. The molecule has 0 atom stereocenters. The summed E-state index contributed by atoms with van der Waals surface area (Å²) in [5.74, 6) is 1.84. The molecule has 11 nitrogen and oxygen atoms in total. The minimum absolute atomic E-state index is 0.351. The quantitative estimate of drug-likeness (QED) is 0.119. The molecule has 7 rings (SSSR count). The molecule has 2 amide bonds. The fourth-order valence-electron chi connectivity index (χ4n) is 6.54. The second kappa shape index (κ2) is 17.1. The Morgan fingerprint density at radius 2 is 1.18 bits per heavy atom. The van der Waals surface area contributed by atoms with Crippen molar-refractivity contribution in [3.63, 3.8) is 0 Å². The van der Waals surface area contributed by atoms with Crippen LogP contribution in [0.1, 0.15) is 46.4 Å². The molecular formula is C40H47N5O6. The first-order chi connectivity index (χ1) is 24.9. The smallest absolute Gasteiger partial charge is 0.266 e. The summed E-state index contributed by atoms with van der Waals surface area (Å²) < 4.78 is 22.4. The second-order valence-electron chi connectivity index (χ2n) is 12.7. The zero-order valence-electron chi connectivity index (χ0n) is 29.4. The molecule has 3 N–H and O–H groups in total. The predicted octanol–water partition coefficient (Wildman–Crippen LogP) is 6.47. The molecule has 0 radical (unpaired) electrons. The number of nitrogens with two attached hydrogens (primary N) is 1. The van der Waals surface area contributed by atoms with E-state index in [0.717, 1.165) is 43.3 Å². The van der Waals surface area contributed by atoms with Gasteiger partial charge in [-0.1, -0.05) is 18.2 Å². The van der Waals surface area contributed by atoms with Gasteiger partial charge in [0.2, 0.25) is 0 Å². The number of anilines is 4. The molecule has 3 heterocycles. The van der Waals surface area contributed by atoms with Gasteiger partial charge in [-0.2, -0.15) is 0 Å². The summed E-state index contributed by atoms with van der Waals surface area (Å²) in [7, 11) is 3.18. The van der Waals surface area contributed by atoms with Gasteiger partial charge in [-0.05, 0) is 106 Å². The molecule has 0 unspecified atom stereocenters. The first kappa shape index (κ1) is 35.6. The fourth-order valence-corrected chi connectivity index (χ4v) is 6.54. The number of benzene rings is 4. The number of methoxy groups -OCH3 is 2. The van der Waals surface area contributed by atoms with E-state index in [4.69, 9.17) is 24.7 Å². The van der Waals surface area contributed by atoms with Gasteiger partial charge in [0.05, 0.1) is 31.0 Å². The average molecular weight is 694 g/mol. The van der Waals surface area contributed by atoms with Gasteiger partial charge in [-0.25, -0.2) is 4.90 Å². The van der Waals surface area contributed by atoms with Crippen molar-refractivity contribution in [1.82, 2.24) is 9.80 Å². The van der Waals surface area contributed by atoms with Gasteiger partial charge in [0.15, 0.2) is 23.0 Å². The summed E-state index contributed by atoms with van der Waals surface area (Å²) in [5, 5.41) is 3.27. The molecule has 0 aliphatic carbocycles. The molecule has 3 aliphatic rings. The van der Waals surface area contributed by atoms with Gasteiger partial charge in [0.1, 0.15) is 13.2 Å². The maximum Gasteiger partial charge on any atom is 0.266 e. The molecular weight excluding hydrogens is 646 g/mol. The number of fused-ring (bicyclic) bond motifs is 1. The minimum atomic E-state index is -0.360. The summed E-state index contributed by atoms with van der Waals surface area (Å²) in [4.78, 5) is 32.3. The lowest BCUT2D eigenvalue weighted by atomic mass is 10.1. The van der Waals surface area contributed by atoms with E-state index in [1.165, 1.54) is 43.7 Å². The molecule has 4 aromatic rings. The lowest BCUT2D eigenvalue weighted by molar-refractivity contribution is 0.0926. The third kappa shape index (κ3) is 8.92.